The summed E-state index contributed by atoms with van der Waals surface area (Å²) in [5.74, 6) is -0.185. The predicted octanol–water partition coefficient (Wildman–Crippen LogP) is 1.00. The van der Waals surface area contributed by atoms with Gasteiger partial charge in [-0.2, -0.15) is 0 Å². The molecule has 0 aliphatic heterocycles. The summed E-state index contributed by atoms with van der Waals surface area (Å²) in [6.45, 7) is 0.194. The fourth-order valence-electron chi connectivity index (χ4n) is 1.59. The number of benzene rings is 1. The lowest BCUT2D eigenvalue weighted by atomic mass is 10.0. The zero-order chi connectivity index (χ0) is 14.5. The minimum absolute atomic E-state index is 0. The Kier molecular flexibility index (Phi) is 7.78. The van der Waals surface area contributed by atoms with E-state index < -0.39 is 9.84 Å². The van der Waals surface area contributed by atoms with E-state index in [-0.39, 0.29) is 43.1 Å². The molecule has 1 aromatic carbocycles. The third-order valence-electron chi connectivity index (χ3n) is 2.85. The molecule has 0 aliphatic rings. The van der Waals surface area contributed by atoms with Crippen LogP contribution in [0.25, 0.3) is 0 Å². The molecule has 1 atom stereocenters. The first-order chi connectivity index (χ1) is 8.79. The van der Waals surface area contributed by atoms with Gasteiger partial charge in [0.05, 0.1) is 5.75 Å². The number of hydrogen-bond acceptors (Lipinski definition) is 4. The predicted molar refractivity (Wildman–Crippen MR) is 82.6 cm³/mol. The van der Waals surface area contributed by atoms with Gasteiger partial charge in [0.25, 0.3) is 0 Å². The van der Waals surface area contributed by atoms with E-state index in [4.69, 9.17) is 5.73 Å². The average molecular weight is 321 g/mol. The Morgan fingerprint density at radius 2 is 1.85 bits per heavy atom. The minimum atomic E-state index is -3.06. The highest BCUT2D eigenvalue weighted by atomic mass is 35.5. The summed E-state index contributed by atoms with van der Waals surface area (Å²) in [5.41, 5.74) is 6.85. The molecule has 0 heterocycles. The molecular weight excluding hydrogens is 300 g/mol. The van der Waals surface area contributed by atoms with Gasteiger partial charge >= 0.3 is 0 Å². The van der Waals surface area contributed by atoms with Crippen LogP contribution >= 0.6 is 12.4 Å². The quantitative estimate of drug-likeness (QED) is 0.848. The molecule has 114 valence electrons. The Morgan fingerprint density at radius 1 is 1.30 bits per heavy atom. The Bertz CT molecular complexity index is 520. The summed E-state index contributed by atoms with van der Waals surface area (Å²) in [6, 6.07) is 8.99. The standard InChI is InChI=1S/C13H20N2O3S.ClH/c1-15(8-9-19(2,17)18)13(16)10-12(14)11-6-4-3-5-7-11;/h3-7,12H,8-10,14H2,1-2H3;1H. The van der Waals surface area contributed by atoms with Crippen molar-refractivity contribution >= 4 is 28.2 Å². The van der Waals surface area contributed by atoms with Crippen molar-refractivity contribution in [2.45, 2.75) is 12.5 Å². The Labute approximate surface area is 126 Å². The molecule has 7 heteroatoms. The van der Waals surface area contributed by atoms with Gasteiger partial charge in [-0.1, -0.05) is 30.3 Å². The second-order valence-corrected chi connectivity index (χ2v) is 6.93. The number of sulfone groups is 1. The molecule has 0 radical (unpaired) electrons. The van der Waals surface area contributed by atoms with Crippen LogP contribution in [0.4, 0.5) is 0 Å². The Hall–Kier alpha value is -1.11. The molecule has 1 amide bonds. The summed E-state index contributed by atoms with van der Waals surface area (Å²) >= 11 is 0. The molecule has 1 rings (SSSR count). The first-order valence-corrected chi connectivity index (χ1v) is 8.08. The second-order valence-electron chi connectivity index (χ2n) is 4.67. The van der Waals surface area contributed by atoms with E-state index in [0.29, 0.717) is 0 Å². The molecule has 5 nitrogen and oxygen atoms in total. The molecule has 1 aromatic rings. The van der Waals surface area contributed by atoms with Crippen LogP contribution in [0.5, 0.6) is 0 Å². The van der Waals surface area contributed by atoms with Gasteiger partial charge in [0.15, 0.2) is 0 Å². The van der Waals surface area contributed by atoms with Crippen molar-refractivity contribution in [2.75, 3.05) is 25.6 Å². The van der Waals surface area contributed by atoms with Crippen molar-refractivity contribution < 1.29 is 13.2 Å². The van der Waals surface area contributed by atoms with E-state index in [0.717, 1.165) is 11.8 Å². The first kappa shape index (κ1) is 18.9. The van der Waals surface area contributed by atoms with Gasteiger partial charge in [0, 0.05) is 32.3 Å². The van der Waals surface area contributed by atoms with Crippen LogP contribution in [0.2, 0.25) is 0 Å². The van der Waals surface area contributed by atoms with Gasteiger partial charge in [-0.15, -0.1) is 12.4 Å². The fraction of sp³-hybridized carbons (Fsp3) is 0.462. The zero-order valence-corrected chi connectivity index (χ0v) is 13.3. The van der Waals surface area contributed by atoms with Crippen LogP contribution in [-0.4, -0.2) is 44.8 Å². The highest BCUT2D eigenvalue weighted by Crippen LogP contribution is 2.14. The maximum atomic E-state index is 11.9. The number of hydrogen-bond donors (Lipinski definition) is 1. The molecule has 0 aliphatic carbocycles. The highest BCUT2D eigenvalue weighted by Gasteiger charge is 2.16. The molecule has 20 heavy (non-hydrogen) atoms. The third-order valence-corrected chi connectivity index (χ3v) is 3.77. The zero-order valence-electron chi connectivity index (χ0n) is 11.7. The number of nitrogens with zero attached hydrogens (tertiary/aromatic N) is 1. The molecule has 0 saturated carbocycles. The number of carbonyl (C=O) groups is 1. The smallest absolute Gasteiger partial charge is 0.224 e. The highest BCUT2D eigenvalue weighted by molar-refractivity contribution is 7.90. The van der Waals surface area contributed by atoms with Gasteiger partial charge in [-0.3, -0.25) is 4.79 Å². The summed E-state index contributed by atoms with van der Waals surface area (Å²) in [4.78, 5) is 13.3. The Morgan fingerprint density at radius 3 is 2.35 bits per heavy atom. The maximum absolute atomic E-state index is 11.9. The van der Waals surface area contributed by atoms with Gasteiger partial charge in [0.1, 0.15) is 9.84 Å². The van der Waals surface area contributed by atoms with Crippen LogP contribution in [0.3, 0.4) is 0 Å². The monoisotopic (exact) mass is 320 g/mol. The molecular formula is C13H21ClN2O3S. The lowest BCUT2D eigenvalue weighted by Gasteiger charge is -2.19. The lowest BCUT2D eigenvalue weighted by molar-refractivity contribution is -0.130. The fourth-order valence-corrected chi connectivity index (χ4v) is 2.20. The average Bonchev–Trinajstić information content (AvgIpc) is 2.36. The summed E-state index contributed by atoms with van der Waals surface area (Å²) in [7, 11) is -1.47. The Balaban J connectivity index is 0.00000361. The van der Waals surface area contributed by atoms with Crippen molar-refractivity contribution in [3.8, 4) is 0 Å². The summed E-state index contributed by atoms with van der Waals surface area (Å²) in [6.07, 6.45) is 1.32. The molecule has 0 saturated heterocycles. The molecule has 0 bridgehead atoms. The van der Waals surface area contributed by atoms with E-state index in [1.54, 1.807) is 7.05 Å². The SMILES string of the molecule is CN(CCS(C)(=O)=O)C(=O)CC(N)c1ccccc1.Cl. The van der Waals surface area contributed by atoms with E-state index in [1.165, 1.54) is 4.90 Å². The molecule has 1 unspecified atom stereocenters. The molecule has 0 spiro atoms. The third kappa shape index (κ3) is 6.88. The lowest BCUT2D eigenvalue weighted by Crippen LogP contribution is -2.33. The molecule has 0 fully saturated rings. The number of carbonyl (C=O) groups excluding carboxylic acids is 1. The van der Waals surface area contributed by atoms with Crippen LogP contribution < -0.4 is 5.73 Å². The van der Waals surface area contributed by atoms with Crippen molar-refractivity contribution in [1.82, 2.24) is 4.90 Å². The van der Waals surface area contributed by atoms with Crippen LogP contribution in [-0.2, 0) is 14.6 Å². The van der Waals surface area contributed by atoms with E-state index in [2.05, 4.69) is 0 Å². The number of amides is 1. The second kappa shape index (κ2) is 8.24. The van der Waals surface area contributed by atoms with Crippen molar-refractivity contribution in [2.24, 2.45) is 5.73 Å². The van der Waals surface area contributed by atoms with E-state index in [9.17, 15) is 13.2 Å². The minimum Gasteiger partial charge on any atom is -0.345 e. The first-order valence-electron chi connectivity index (χ1n) is 6.02. The van der Waals surface area contributed by atoms with Crippen molar-refractivity contribution in [3.63, 3.8) is 0 Å². The van der Waals surface area contributed by atoms with E-state index in [1.807, 2.05) is 30.3 Å². The van der Waals surface area contributed by atoms with E-state index >= 15 is 0 Å². The maximum Gasteiger partial charge on any atom is 0.224 e. The van der Waals surface area contributed by atoms with Gasteiger partial charge < -0.3 is 10.6 Å². The molecule has 2 N–H and O–H groups in total. The van der Waals surface area contributed by atoms with Crippen molar-refractivity contribution in [1.29, 1.82) is 0 Å². The van der Waals surface area contributed by atoms with Crippen LogP contribution in [0.1, 0.15) is 18.0 Å². The number of rotatable bonds is 6. The largest absolute Gasteiger partial charge is 0.345 e. The van der Waals surface area contributed by atoms with Gasteiger partial charge in [-0.25, -0.2) is 8.42 Å². The summed E-state index contributed by atoms with van der Waals surface area (Å²) in [5, 5.41) is 0. The molecule has 0 aromatic heterocycles. The van der Waals surface area contributed by atoms with Crippen LogP contribution in [0, 0.1) is 0 Å². The normalized spacial score (nSPS) is 12.3. The van der Waals surface area contributed by atoms with Gasteiger partial charge in [0.2, 0.25) is 5.91 Å². The van der Waals surface area contributed by atoms with Crippen LogP contribution in [0.15, 0.2) is 30.3 Å². The number of nitrogens with two attached hydrogens (primary N) is 1. The van der Waals surface area contributed by atoms with Gasteiger partial charge in [-0.05, 0) is 5.56 Å². The van der Waals surface area contributed by atoms with Crippen molar-refractivity contribution in [3.05, 3.63) is 35.9 Å². The topological polar surface area (TPSA) is 80.5 Å². The summed E-state index contributed by atoms with van der Waals surface area (Å²) < 4.78 is 22.1. The number of halogens is 1.